The maximum atomic E-state index is 12.7. The molecule has 5 nitrogen and oxygen atoms in total. The average molecular weight is 387 g/mol. The van der Waals surface area contributed by atoms with E-state index in [-0.39, 0.29) is 6.03 Å². The molecule has 1 N–H and O–H groups in total. The van der Waals surface area contributed by atoms with Crippen LogP contribution in [-0.2, 0) is 13.1 Å². The maximum absolute atomic E-state index is 12.7. The van der Waals surface area contributed by atoms with Gasteiger partial charge in [-0.25, -0.2) is 4.79 Å². The lowest BCUT2D eigenvalue weighted by Crippen LogP contribution is -2.45. The second kappa shape index (κ2) is 10.3. The zero-order valence-electron chi connectivity index (χ0n) is 18.0. The van der Waals surface area contributed by atoms with Gasteiger partial charge in [-0.1, -0.05) is 24.3 Å². The van der Waals surface area contributed by atoms with Gasteiger partial charge in [-0.2, -0.15) is 0 Å². The van der Waals surface area contributed by atoms with Gasteiger partial charge in [0, 0.05) is 39.3 Å². The molecule has 0 aromatic heterocycles. The molecule has 2 fully saturated rings. The van der Waals surface area contributed by atoms with Gasteiger partial charge in [-0.05, 0) is 76.2 Å². The SMILES string of the molecule is CC(C)N1CCC[C@H](CNC(=O)N(C)Cc2ccccc2CN2CCCC2)C1. The molecule has 0 bridgehead atoms. The number of nitrogens with zero attached hydrogens (tertiary/aromatic N) is 3. The zero-order valence-corrected chi connectivity index (χ0v) is 18.0. The van der Waals surface area contributed by atoms with Crippen LogP contribution < -0.4 is 5.32 Å². The number of likely N-dealkylation sites (tertiary alicyclic amines) is 2. The molecule has 2 aliphatic heterocycles. The smallest absolute Gasteiger partial charge is 0.317 e. The third kappa shape index (κ3) is 5.95. The van der Waals surface area contributed by atoms with Crippen LogP contribution in [0, 0.1) is 5.92 Å². The quantitative estimate of drug-likeness (QED) is 0.779. The molecule has 1 aromatic rings. The lowest BCUT2D eigenvalue weighted by molar-refractivity contribution is 0.137. The maximum Gasteiger partial charge on any atom is 0.317 e. The van der Waals surface area contributed by atoms with Crippen molar-refractivity contribution in [3.8, 4) is 0 Å². The molecule has 5 heteroatoms. The molecule has 2 heterocycles. The Bertz CT molecular complexity index is 627. The summed E-state index contributed by atoms with van der Waals surface area (Å²) in [5.74, 6) is 0.566. The van der Waals surface area contributed by atoms with Crippen molar-refractivity contribution >= 4 is 6.03 Å². The first-order valence-electron chi connectivity index (χ1n) is 11.0. The highest BCUT2D eigenvalue weighted by Gasteiger charge is 2.22. The standard InChI is InChI=1S/C23H38N4O/c1-19(2)27-14-8-9-20(16-27)15-24-23(28)25(3)17-21-10-4-5-11-22(21)18-26-12-6-7-13-26/h4-5,10-11,19-20H,6-9,12-18H2,1-3H3,(H,24,28)/t20-/m1/s1. The zero-order chi connectivity index (χ0) is 19.9. The van der Waals surface area contributed by atoms with Crippen LogP contribution in [0.15, 0.2) is 24.3 Å². The average Bonchev–Trinajstić information content (AvgIpc) is 3.21. The third-order valence-corrected chi connectivity index (χ3v) is 6.29. The van der Waals surface area contributed by atoms with Crippen LogP contribution in [-0.4, -0.2) is 66.5 Å². The molecule has 0 saturated carbocycles. The van der Waals surface area contributed by atoms with E-state index in [1.165, 1.54) is 56.4 Å². The summed E-state index contributed by atoms with van der Waals surface area (Å²) in [6, 6.07) is 9.19. The highest BCUT2D eigenvalue weighted by molar-refractivity contribution is 5.73. The first-order chi connectivity index (χ1) is 13.5. The summed E-state index contributed by atoms with van der Waals surface area (Å²) >= 11 is 0. The van der Waals surface area contributed by atoms with E-state index in [9.17, 15) is 4.79 Å². The molecule has 0 unspecified atom stereocenters. The summed E-state index contributed by atoms with van der Waals surface area (Å²) in [6.45, 7) is 11.6. The van der Waals surface area contributed by atoms with Crippen molar-refractivity contribution in [2.45, 2.75) is 58.7 Å². The van der Waals surface area contributed by atoms with E-state index >= 15 is 0 Å². The lowest BCUT2D eigenvalue weighted by Gasteiger charge is -2.35. The van der Waals surface area contributed by atoms with Crippen LogP contribution in [0.4, 0.5) is 4.79 Å². The minimum atomic E-state index is 0.0395. The van der Waals surface area contributed by atoms with Gasteiger partial charge in [0.05, 0.1) is 0 Å². The largest absolute Gasteiger partial charge is 0.338 e. The Morgan fingerprint density at radius 2 is 1.86 bits per heavy atom. The number of amides is 2. The normalized spacial score (nSPS) is 21.2. The predicted octanol–water partition coefficient (Wildman–Crippen LogP) is 3.54. The van der Waals surface area contributed by atoms with Gasteiger partial charge < -0.3 is 15.1 Å². The Morgan fingerprint density at radius 1 is 1.14 bits per heavy atom. The summed E-state index contributed by atoms with van der Waals surface area (Å²) in [7, 11) is 1.91. The molecule has 156 valence electrons. The van der Waals surface area contributed by atoms with Crippen LogP contribution in [0.25, 0.3) is 0 Å². The van der Waals surface area contributed by atoms with E-state index in [1.807, 2.05) is 11.9 Å². The second-order valence-corrected chi connectivity index (χ2v) is 8.89. The van der Waals surface area contributed by atoms with Gasteiger partial charge in [0.1, 0.15) is 0 Å². The Hall–Kier alpha value is -1.59. The molecule has 3 rings (SSSR count). The third-order valence-electron chi connectivity index (χ3n) is 6.29. The molecule has 0 radical (unpaired) electrons. The number of hydrogen-bond acceptors (Lipinski definition) is 3. The van der Waals surface area contributed by atoms with Crippen LogP contribution in [0.1, 0.15) is 50.7 Å². The Balaban J connectivity index is 1.49. The molecule has 0 aliphatic carbocycles. The number of nitrogens with one attached hydrogen (secondary N) is 1. The van der Waals surface area contributed by atoms with E-state index in [0.29, 0.717) is 18.5 Å². The summed E-state index contributed by atoms with van der Waals surface area (Å²) in [6.07, 6.45) is 5.06. The minimum absolute atomic E-state index is 0.0395. The van der Waals surface area contributed by atoms with Crippen molar-refractivity contribution in [3.05, 3.63) is 35.4 Å². The predicted molar refractivity (Wildman–Crippen MR) is 115 cm³/mol. The van der Waals surface area contributed by atoms with E-state index in [0.717, 1.165) is 19.6 Å². The van der Waals surface area contributed by atoms with Gasteiger partial charge in [0.15, 0.2) is 0 Å². The number of hydrogen-bond donors (Lipinski definition) is 1. The molecule has 1 atom stereocenters. The molecule has 2 saturated heterocycles. The van der Waals surface area contributed by atoms with Crippen LogP contribution in [0.2, 0.25) is 0 Å². The molecule has 0 spiro atoms. The minimum Gasteiger partial charge on any atom is -0.338 e. The second-order valence-electron chi connectivity index (χ2n) is 8.89. The first kappa shape index (κ1) is 21.1. The van der Waals surface area contributed by atoms with E-state index in [2.05, 4.69) is 53.2 Å². The molecule has 2 aliphatic rings. The number of piperidine rings is 1. The van der Waals surface area contributed by atoms with Crippen LogP contribution >= 0.6 is 0 Å². The Morgan fingerprint density at radius 3 is 2.57 bits per heavy atom. The molecular formula is C23H38N4O. The Kier molecular flexibility index (Phi) is 7.74. The van der Waals surface area contributed by atoms with Crippen molar-refractivity contribution in [3.63, 3.8) is 0 Å². The first-order valence-corrected chi connectivity index (χ1v) is 11.0. The lowest BCUT2D eigenvalue weighted by atomic mass is 9.97. The number of benzene rings is 1. The number of urea groups is 1. The Labute approximate surface area is 171 Å². The van der Waals surface area contributed by atoms with Crippen LogP contribution in [0.5, 0.6) is 0 Å². The molecule has 1 aromatic carbocycles. The van der Waals surface area contributed by atoms with E-state index < -0.39 is 0 Å². The highest BCUT2D eigenvalue weighted by Crippen LogP contribution is 2.19. The van der Waals surface area contributed by atoms with Gasteiger partial charge in [0.2, 0.25) is 0 Å². The number of carbonyl (C=O) groups is 1. The number of rotatable bonds is 7. The van der Waals surface area contributed by atoms with Gasteiger partial charge in [-0.3, -0.25) is 4.90 Å². The number of carbonyl (C=O) groups excluding carboxylic acids is 1. The summed E-state index contributed by atoms with van der Waals surface area (Å²) in [5, 5.41) is 3.17. The molecule has 2 amide bonds. The van der Waals surface area contributed by atoms with Crippen molar-refractivity contribution in [2.24, 2.45) is 5.92 Å². The van der Waals surface area contributed by atoms with Gasteiger partial charge in [-0.15, -0.1) is 0 Å². The van der Waals surface area contributed by atoms with Crippen molar-refractivity contribution < 1.29 is 4.79 Å². The molecular weight excluding hydrogens is 348 g/mol. The van der Waals surface area contributed by atoms with Crippen molar-refractivity contribution in [1.29, 1.82) is 0 Å². The summed E-state index contributed by atoms with van der Waals surface area (Å²) in [5.41, 5.74) is 2.61. The van der Waals surface area contributed by atoms with Crippen molar-refractivity contribution in [1.82, 2.24) is 20.0 Å². The summed E-state index contributed by atoms with van der Waals surface area (Å²) < 4.78 is 0. The van der Waals surface area contributed by atoms with E-state index in [4.69, 9.17) is 0 Å². The topological polar surface area (TPSA) is 38.8 Å². The highest BCUT2D eigenvalue weighted by atomic mass is 16.2. The fourth-order valence-electron chi connectivity index (χ4n) is 4.47. The molecule has 28 heavy (non-hydrogen) atoms. The summed E-state index contributed by atoms with van der Waals surface area (Å²) in [4.78, 5) is 19.5. The van der Waals surface area contributed by atoms with Gasteiger partial charge in [0.25, 0.3) is 0 Å². The van der Waals surface area contributed by atoms with E-state index in [1.54, 1.807) is 0 Å². The van der Waals surface area contributed by atoms with Crippen LogP contribution in [0.3, 0.4) is 0 Å². The fourth-order valence-corrected chi connectivity index (χ4v) is 4.47. The fraction of sp³-hybridized carbons (Fsp3) is 0.696. The monoisotopic (exact) mass is 386 g/mol. The van der Waals surface area contributed by atoms with Gasteiger partial charge >= 0.3 is 6.03 Å². The van der Waals surface area contributed by atoms with Crippen molar-refractivity contribution in [2.75, 3.05) is 39.8 Å².